The van der Waals surface area contributed by atoms with E-state index in [9.17, 15) is 4.79 Å². The molecular formula is C11H8ClN3O2S. The summed E-state index contributed by atoms with van der Waals surface area (Å²) in [5.41, 5.74) is -0.187. The van der Waals surface area contributed by atoms with Crippen LogP contribution in [0, 0.1) is 28.6 Å². The molecule has 1 rings (SSSR count). The summed E-state index contributed by atoms with van der Waals surface area (Å²) in [7, 11) is 0. The maximum atomic E-state index is 10.7. The van der Waals surface area contributed by atoms with Gasteiger partial charge in [0.25, 0.3) is 0 Å². The topological polar surface area (TPSA) is 97.8 Å². The normalized spacial score (nSPS) is 9.78. The average molecular weight is 282 g/mol. The van der Waals surface area contributed by atoms with Crippen LogP contribution in [-0.2, 0) is 0 Å². The Hall–Kier alpha value is -1.76. The van der Waals surface area contributed by atoms with Crippen molar-refractivity contribution in [3.8, 4) is 12.1 Å². The molecule has 0 aliphatic carbocycles. The zero-order valence-corrected chi connectivity index (χ0v) is 10.7. The second-order valence-electron chi connectivity index (χ2n) is 3.25. The number of halogens is 1. The van der Waals surface area contributed by atoms with Gasteiger partial charge in [-0.3, -0.25) is 0 Å². The van der Waals surface area contributed by atoms with Crippen molar-refractivity contribution in [1.82, 2.24) is 4.98 Å². The van der Waals surface area contributed by atoms with Crippen LogP contribution in [0.15, 0.2) is 17.2 Å². The van der Waals surface area contributed by atoms with Gasteiger partial charge in [0.1, 0.15) is 5.92 Å². The van der Waals surface area contributed by atoms with Gasteiger partial charge in [0.05, 0.1) is 17.2 Å². The molecule has 1 aromatic heterocycles. The molecular weight excluding hydrogens is 274 g/mol. The van der Waals surface area contributed by atoms with Gasteiger partial charge < -0.3 is 5.11 Å². The van der Waals surface area contributed by atoms with Gasteiger partial charge in [0.2, 0.25) is 0 Å². The molecule has 1 heterocycles. The molecule has 0 aromatic carbocycles. The largest absolute Gasteiger partial charge is 0.476 e. The first-order valence-corrected chi connectivity index (χ1v) is 6.25. The highest BCUT2D eigenvalue weighted by atomic mass is 35.5. The Bertz CT molecular complexity index is 522. The SMILES string of the molecule is N#CC(C#N)CCSc1cnc(C(=O)O)c(Cl)c1. The molecule has 0 atom stereocenters. The minimum Gasteiger partial charge on any atom is -0.476 e. The highest BCUT2D eigenvalue weighted by Gasteiger charge is 2.11. The monoisotopic (exact) mass is 281 g/mol. The van der Waals surface area contributed by atoms with Crippen LogP contribution >= 0.6 is 23.4 Å². The Morgan fingerprint density at radius 2 is 2.22 bits per heavy atom. The summed E-state index contributed by atoms with van der Waals surface area (Å²) in [5, 5.41) is 26.0. The first-order valence-electron chi connectivity index (χ1n) is 4.89. The average Bonchev–Trinajstić information content (AvgIpc) is 2.34. The molecule has 0 saturated carbocycles. The van der Waals surface area contributed by atoms with Crippen LogP contribution in [0.4, 0.5) is 0 Å². The number of carboxylic acids is 1. The van der Waals surface area contributed by atoms with Crippen molar-refractivity contribution in [3.05, 3.63) is 23.0 Å². The molecule has 0 aliphatic heterocycles. The van der Waals surface area contributed by atoms with Crippen LogP contribution in [0.25, 0.3) is 0 Å². The predicted molar refractivity (Wildman–Crippen MR) is 66.3 cm³/mol. The summed E-state index contributed by atoms with van der Waals surface area (Å²) < 4.78 is 0. The fourth-order valence-electron chi connectivity index (χ4n) is 1.11. The summed E-state index contributed by atoms with van der Waals surface area (Å²) in [5.74, 6) is -1.24. The van der Waals surface area contributed by atoms with E-state index in [0.29, 0.717) is 17.1 Å². The lowest BCUT2D eigenvalue weighted by Crippen LogP contribution is -2.01. The van der Waals surface area contributed by atoms with Crippen LogP contribution in [-0.4, -0.2) is 21.8 Å². The van der Waals surface area contributed by atoms with Crippen LogP contribution < -0.4 is 0 Å². The van der Waals surface area contributed by atoms with Crippen molar-refractivity contribution >= 4 is 29.3 Å². The van der Waals surface area contributed by atoms with Gasteiger partial charge in [-0.1, -0.05) is 11.6 Å². The number of nitrogens with zero attached hydrogens (tertiary/aromatic N) is 3. The number of thioether (sulfide) groups is 1. The molecule has 1 N–H and O–H groups in total. The Kier molecular flexibility index (Phi) is 5.44. The molecule has 0 fully saturated rings. The predicted octanol–water partition coefficient (Wildman–Crippen LogP) is 2.58. The quantitative estimate of drug-likeness (QED) is 0.833. The van der Waals surface area contributed by atoms with Gasteiger partial charge in [-0.15, -0.1) is 11.8 Å². The molecule has 0 spiro atoms. The van der Waals surface area contributed by atoms with Crippen LogP contribution in [0.1, 0.15) is 16.9 Å². The van der Waals surface area contributed by atoms with Gasteiger partial charge >= 0.3 is 5.97 Å². The first kappa shape index (κ1) is 14.3. The van der Waals surface area contributed by atoms with E-state index < -0.39 is 11.9 Å². The van der Waals surface area contributed by atoms with Crippen molar-refractivity contribution in [2.45, 2.75) is 11.3 Å². The second-order valence-corrected chi connectivity index (χ2v) is 4.83. The zero-order chi connectivity index (χ0) is 13.5. The summed E-state index contributed by atoms with van der Waals surface area (Å²) in [6.07, 6.45) is 1.85. The van der Waals surface area contributed by atoms with Crippen molar-refractivity contribution in [3.63, 3.8) is 0 Å². The van der Waals surface area contributed by atoms with Crippen LogP contribution in [0.2, 0.25) is 5.02 Å². The molecule has 18 heavy (non-hydrogen) atoms. The van der Waals surface area contributed by atoms with Gasteiger partial charge in [0, 0.05) is 16.8 Å². The molecule has 0 amide bonds. The molecule has 0 aliphatic rings. The number of rotatable bonds is 5. The van der Waals surface area contributed by atoms with Crippen molar-refractivity contribution in [1.29, 1.82) is 10.5 Å². The fourth-order valence-corrected chi connectivity index (χ4v) is 2.34. The van der Waals surface area contributed by atoms with Crippen molar-refractivity contribution < 1.29 is 9.90 Å². The Labute approximate surface area is 113 Å². The maximum absolute atomic E-state index is 10.7. The molecule has 7 heteroatoms. The molecule has 92 valence electrons. The molecule has 1 aromatic rings. The molecule has 5 nitrogen and oxygen atoms in total. The minimum absolute atomic E-state index is 0.0737. The fraction of sp³-hybridized carbons (Fsp3) is 0.273. The van der Waals surface area contributed by atoms with Gasteiger partial charge in [-0.05, 0) is 12.5 Å². The highest BCUT2D eigenvalue weighted by molar-refractivity contribution is 7.99. The summed E-state index contributed by atoms with van der Waals surface area (Å²) >= 11 is 7.13. The summed E-state index contributed by atoms with van der Waals surface area (Å²) in [4.78, 5) is 15.1. The lowest BCUT2D eigenvalue weighted by Gasteiger charge is -2.03. The third kappa shape index (κ3) is 3.92. The summed E-state index contributed by atoms with van der Waals surface area (Å²) in [6.45, 7) is 0. The lowest BCUT2D eigenvalue weighted by molar-refractivity contribution is 0.0690. The van der Waals surface area contributed by atoms with E-state index in [1.165, 1.54) is 24.0 Å². The van der Waals surface area contributed by atoms with E-state index in [4.69, 9.17) is 27.2 Å². The third-order valence-electron chi connectivity index (χ3n) is 2.01. The smallest absolute Gasteiger partial charge is 0.356 e. The van der Waals surface area contributed by atoms with Gasteiger partial charge in [0.15, 0.2) is 5.69 Å². The van der Waals surface area contributed by atoms with E-state index in [2.05, 4.69) is 4.98 Å². The van der Waals surface area contributed by atoms with Crippen LogP contribution in [0.5, 0.6) is 0 Å². The van der Waals surface area contributed by atoms with E-state index in [1.54, 1.807) is 0 Å². The van der Waals surface area contributed by atoms with E-state index >= 15 is 0 Å². The maximum Gasteiger partial charge on any atom is 0.356 e. The number of aromatic nitrogens is 1. The second kappa shape index (κ2) is 6.85. The minimum atomic E-state index is -1.18. The number of hydrogen-bond acceptors (Lipinski definition) is 5. The number of carbonyl (C=O) groups is 1. The number of carboxylic acid groups (broad SMARTS) is 1. The lowest BCUT2D eigenvalue weighted by atomic mass is 10.1. The van der Waals surface area contributed by atoms with Gasteiger partial charge in [-0.25, -0.2) is 9.78 Å². The molecule has 0 unspecified atom stereocenters. The third-order valence-corrected chi connectivity index (χ3v) is 3.29. The Morgan fingerprint density at radius 3 is 2.72 bits per heavy atom. The Morgan fingerprint density at radius 1 is 1.56 bits per heavy atom. The van der Waals surface area contributed by atoms with E-state index in [1.807, 2.05) is 12.1 Å². The van der Waals surface area contributed by atoms with E-state index in [0.717, 1.165) is 0 Å². The number of aromatic carboxylic acids is 1. The zero-order valence-electron chi connectivity index (χ0n) is 9.13. The van der Waals surface area contributed by atoms with Crippen molar-refractivity contribution in [2.75, 3.05) is 5.75 Å². The molecule has 0 bridgehead atoms. The molecule has 0 saturated heterocycles. The Balaban J connectivity index is 2.60. The summed E-state index contributed by atoms with van der Waals surface area (Å²) in [6, 6.07) is 5.27. The number of hydrogen-bond donors (Lipinski definition) is 1. The molecule has 0 radical (unpaired) electrons. The number of pyridine rings is 1. The van der Waals surface area contributed by atoms with Crippen LogP contribution in [0.3, 0.4) is 0 Å². The standard InChI is InChI=1S/C11H8ClN3O2S/c12-9-3-8(6-15-10(9)11(16)17)18-2-1-7(4-13)5-14/h3,6-7H,1-2H2,(H,16,17). The highest BCUT2D eigenvalue weighted by Crippen LogP contribution is 2.24. The van der Waals surface area contributed by atoms with Crippen molar-refractivity contribution in [2.24, 2.45) is 5.92 Å². The number of nitriles is 2. The van der Waals surface area contributed by atoms with E-state index in [-0.39, 0.29) is 10.7 Å². The van der Waals surface area contributed by atoms with Gasteiger partial charge in [-0.2, -0.15) is 10.5 Å². The first-order chi connectivity index (χ1) is 8.58.